The van der Waals surface area contributed by atoms with E-state index in [1.165, 1.54) is 32.1 Å². The number of aromatic nitrogens is 2. The molecule has 0 bridgehead atoms. The Morgan fingerprint density at radius 3 is 2.75 bits per heavy atom. The Kier molecular flexibility index (Phi) is 5.86. The van der Waals surface area contributed by atoms with Crippen molar-refractivity contribution in [2.45, 2.75) is 44.6 Å². The maximum Gasteiger partial charge on any atom is 0.257 e. The van der Waals surface area contributed by atoms with E-state index in [0.717, 1.165) is 17.9 Å². The van der Waals surface area contributed by atoms with Crippen molar-refractivity contribution in [3.8, 4) is 11.3 Å². The molecule has 1 aromatic heterocycles. The molecule has 2 fully saturated rings. The second-order valence-electron chi connectivity index (χ2n) is 7.84. The van der Waals surface area contributed by atoms with Crippen LogP contribution >= 0.6 is 0 Å². The number of anilines is 1. The molecule has 2 heterocycles. The van der Waals surface area contributed by atoms with Crippen LogP contribution in [-0.4, -0.2) is 46.6 Å². The zero-order chi connectivity index (χ0) is 19.3. The van der Waals surface area contributed by atoms with Gasteiger partial charge in [-0.2, -0.15) is 0 Å². The van der Waals surface area contributed by atoms with Gasteiger partial charge >= 0.3 is 0 Å². The number of nitrogen functional groups attached to an aromatic ring is 1. The first-order chi connectivity index (χ1) is 13.7. The molecule has 0 radical (unpaired) electrons. The third-order valence-corrected chi connectivity index (χ3v) is 5.83. The largest absolute Gasteiger partial charge is 0.375 e. The summed E-state index contributed by atoms with van der Waals surface area (Å²) in [5, 5.41) is 0. The van der Waals surface area contributed by atoms with Gasteiger partial charge in [-0.25, -0.2) is 9.97 Å². The highest BCUT2D eigenvalue weighted by atomic mass is 16.5. The highest BCUT2D eigenvalue weighted by Crippen LogP contribution is 2.29. The van der Waals surface area contributed by atoms with E-state index in [-0.39, 0.29) is 18.0 Å². The topological polar surface area (TPSA) is 81.3 Å². The molecule has 1 saturated carbocycles. The Morgan fingerprint density at radius 1 is 1.18 bits per heavy atom. The standard InChI is InChI=1S/C22H28N4O2/c23-22-24-14-19(20(25-22)17-9-5-2-6-10-17)21(27)26-11-12-28-18(15-26)13-16-7-3-1-4-8-16/h2,5-6,9-10,14,16,18H,1,3-4,7-8,11-13,15H2,(H2,23,24,25). The molecule has 0 spiro atoms. The normalized spacial score (nSPS) is 20.9. The molecule has 6 heteroatoms. The number of amides is 1. The monoisotopic (exact) mass is 380 g/mol. The van der Waals surface area contributed by atoms with Crippen LogP contribution < -0.4 is 5.73 Å². The van der Waals surface area contributed by atoms with Crippen molar-refractivity contribution in [1.82, 2.24) is 14.9 Å². The predicted octanol–water partition coefficient (Wildman–Crippen LogP) is 3.54. The molecule has 4 rings (SSSR count). The second-order valence-corrected chi connectivity index (χ2v) is 7.84. The quantitative estimate of drug-likeness (QED) is 0.877. The number of morpholine rings is 1. The number of nitrogens with zero attached hydrogens (tertiary/aromatic N) is 3. The molecular formula is C22H28N4O2. The fraction of sp³-hybridized carbons (Fsp3) is 0.500. The molecule has 28 heavy (non-hydrogen) atoms. The maximum absolute atomic E-state index is 13.3. The molecule has 148 valence electrons. The fourth-order valence-corrected chi connectivity index (χ4v) is 4.38. The molecule has 1 saturated heterocycles. The van der Waals surface area contributed by atoms with Crippen molar-refractivity contribution in [2.75, 3.05) is 25.4 Å². The van der Waals surface area contributed by atoms with Gasteiger partial charge in [0.1, 0.15) is 0 Å². The number of hydrogen-bond acceptors (Lipinski definition) is 5. The van der Waals surface area contributed by atoms with Gasteiger partial charge in [-0.05, 0) is 12.3 Å². The smallest absolute Gasteiger partial charge is 0.257 e. The lowest BCUT2D eigenvalue weighted by molar-refractivity contribution is -0.0337. The third-order valence-electron chi connectivity index (χ3n) is 5.83. The van der Waals surface area contributed by atoms with Crippen molar-refractivity contribution in [1.29, 1.82) is 0 Å². The number of ether oxygens (including phenoxy) is 1. The molecule has 2 aromatic rings. The summed E-state index contributed by atoms with van der Waals surface area (Å²) in [6.45, 7) is 1.81. The molecule has 1 atom stereocenters. The van der Waals surface area contributed by atoms with Crippen molar-refractivity contribution in [3.63, 3.8) is 0 Å². The SMILES string of the molecule is Nc1ncc(C(=O)N2CCOC(CC3CCCCC3)C2)c(-c2ccccc2)n1. The average molecular weight is 380 g/mol. The van der Waals surface area contributed by atoms with Crippen molar-refractivity contribution in [2.24, 2.45) is 5.92 Å². The first-order valence-corrected chi connectivity index (χ1v) is 10.3. The van der Waals surface area contributed by atoms with E-state index in [2.05, 4.69) is 9.97 Å². The summed E-state index contributed by atoms with van der Waals surface area (Å²) < 4.78 is 5.99. The van der Waals surface area contributed by atoms with Crippen LogP contribution in [-0.2, 0) is 4.74 Å². The summed E-state index contributed by atoms with van der Waals surface area (Å²) in [4.78, 5) is 23.6. The summed E-state index contributed by atoms with van der Waals surface area (Å²) >= 11 is 0. The van der Waals surface area contributed by atoms with Gasteiger partial charge in [0.25, 0.3) is 5.91 Å². The molecule has 6 nitrogen and oxygen atoms in total. The predicted molar refractivity (Wildman–Crippen MR) is 109 cm³/mol. The molecular weight excluding hydrogens is 352 g/mol. The van der Waals surface area contributed by atoms with Crippen molar-refractivity contribution < 1.29 is 9.53 Å². The molecule has 1 amide bonds. The van der Waals surface area contributed by atoms with E-state index in [1.54, 1.807) is 6.20 Å². The summed E-state index contributed by atoms with van der Waals surface area (Å²) in [6, 6.07) is 9.66. The Hall–Kier alpha value is -2.47. The van der Waals surface area contributed by atoms with Crippen LogP contribution in [0.4, 0.5) is 5.95 Å². The van der Waals surface area contributed by atoms with Crippen LogP contribution in [0.3, 0.4) is 0 Å². The molecule has 1 aliphatic heterocycles. The van der Waals surface area contributed by atoms with Gasteiger partial charge in [0.2, 0.25) is 5.95 Å². The third kappa shape index (κ3) is 4.33. The Labute approximate surface area is 166 Å². The number of nitrogens with two attached hydrogens (primary N) is 1. The maximum atomic E-state index is 13.3. The molecule has 2 aliphatic rings. The average Bonchev–Trinajstić information content (AvgIpc) is 2.75. The van der Waals surface area contributed by atoms with E-state index in [9.17, 15) is 4.79 Å². The molecule has 1 unspecified atom stereocenters. The van der Waals surface area contributed by atoms with E-state index < -0.39 is 0 Å². The zero-order valence-corrected chi connectivity index (χ0v) is 16.2. The van der Waals surface area contributed by atoms with Crippen LogP contribution in [0.25, 0.3) is 11.3 Å². The van der Waals surface area contributed by atoms with Crippen molar-refractivity contribution >= 4 is 11.9 Å². The van der Waals surface area contributed by atoms with E-state index in [4.69, 9.17) is 10.5 Å². The lowest BCUT2D eigenvalue weighted by Gasteiger charge is -2.35. The summed E-state index contributed by atoms with van der Waals surface area (Å²) in [7, 11) is 0. The highest BCUT2D eigenvalue weighted by molar-refractivity contribution is 5.99. The Bertz CT molecular complexity index is 805. The first kappa shape index (κ1) is 18.9. The van der Waals surface area contributed by atoms with Crippen molar-refractivity contribution in [3.05, 3.63) is 42.1 Å². The highest BCUT2D eigenvalue weighted by Gasteiger charge is 2.29. The van der Waals surface area contributed by atoms with Crippen LogP contribution in [0.15, 0.2) is 36.5 Å². The Balaban J connectivity index is 1.51. The first-order valence-electron chi connectivity index (χ1n) is 10.3. The second kappa shape index (κ2) is 8.69. The minimum Gasteiger partial charge on any atom is -0.375 e. The van der Waals surface area contributed by atoms with E-state index >= 15 is 0 Å². The van der Waals surface area contributed by atoms with Crippen LogP contribution in [0.1, 0.15) is 48.9 Å². The number of carbonyl (C=O) groups is 1. The number of rotatable bonds is 4. The number of benzene rings is 1. The summed E-state index contributed by atoms with van der Waals surface area (Å²) in [6.07, 6.45) is 9.30. The molecule has 1 aromatic carbocycles. The van der Waals surface area contributed by atoms with Gasteiger partial charge in [0.15, 0.2) is 0 Å². The fourth-order valence-electron chi connectivity index (χ4n) is 4.38. The Morgan fingerprint density at radius 2 is 1.96 bits per heavy atom. The molecule has 2 N–H and O–H groups in total. The summed E-state index contributed by atoms with van der Waals surface area (Å²) in [5.74, 6) is 0.858. The number of carbonyl (C=O) groups excluding carboxylic acids is 1. The van der Waals surface area contributed by atoms with E-state index in [0.29, 0.717) is 31.0 Å². The lowest BCUT2D eigenvalue weighted by atomic mass is 9.85. The van der Waals surface area contributed by atoms with Gasteiger partial charge in [-0.3, -0.25) is 4.79 Å². The minimum atomic E-state index is -0.0456. The summed E-state index contributed by atoms with van der Waals surface area (Å²) in [5.41, 5.74) is 7.76. The van der Waals surface area contributed by atoms with Gasteiger partial charge in [-0.1, -0.05) is 62.4 Å². The zero-order valence-electron chi connectivity index (χ0n) is 16.2. The van der Waals surface area contributed by atoms with Gasteiger partial charge in [0.05, 0.1) is 24.0 Å². The number of hydrogen-bond donors (Lipinski definition) is 1. The van der Waals surface area contributed by atoms with Gasteiger partial charge in [-0.15, -0.1) is 0 Å². The van der Waals surface area contributed by atoms with Crippen LogP contribution in [0.5, 0.6) is 0 Å². The lowest BCUT2D eigenvalue weighted by Crippen LogP contribution is -2.46. The minimum absolute atomic E-state index is 0.0456. The molecule has 1 aliphatic carbocycles. The van der Waals surface area contributed by atoms with Crippen LogP contribution in [0.2, 0.25) is 0 Å². The van der Waals surface area contributed by atoms with Gasteiger partial charge < -0.3 is 15.4 Å². The van der Waals surface area contributed by atoms with Crippen LogP contribution in [0, 0.1) is 5.92 Å². The van der Waals surface area contributed by atoms with Gasteiger partial charge in [0, 0.05) is 24.8 Å². The van der Waals surface area contributed by atoms with E-state index in [1.807, 2.05) is 35.2 Å².